The summed E-state index contributed by atoms with van der Waals surface area (Å²) in [6, 6.07) is 40.5. The summed E-state index contributed by atoms with van der Waals surface area (Å²) in [7, 11) is 10.9. The highest BCUT2D eigenvalue weighted by atomic mass is 32.2. The average Bonchev–Trinajstić information content (AvgIpc) is 4.33. The molecule has 0 amide bonds. The van der Waals surface area contributed by atoms with Crippen LogP contribution >= 0.6 is 11.8 Å². The molecule has 78 heavy (non-hydrogen) atoms. The smallest absolute Gasteiger partial charge is 0.324 e. The van der Waals surface area contributed by atoms with Crippen molar-refractivity contribution in [2.45, 2.75) is 154 Å². The number of fused-ring (bicyclic) bond motifs is 5. The maximum absolute atomic E-state index is 9.38. The lowest BCUT2D eigenvalue weighted by Gasteiger charge is -1.96. The van der Waals surface area contributed by atoms with Gasteiger partial charge in [-0.2, -0.15) is 11.8 Å². The normalized spacial score (nSPS) is 11.9. The molecule has 0 saturated carbocycles. The number of thioether (sulfide) groups is 1. The lowest BCUT2D eigenvalue weighted by atomic mass is 9.63. The van der Waals surface area contributed by atoms with Gasteiger partial charge in [0.2, 0.25) is 0 Å². The standard InChI is InChI=1S/5C8H9BO.C3H9N.C3H8O.2C2H6O.C2H6S.5C2H6.CH4/c5*10-9-6-5-7-3-1-2-4-8(7)9;1-4(2)3;1-3-4-2;1-3-2;1-2-3;1-3-2;5*1-2;/h5*1-4,10H,5-6H2;1-3H3;3H2,1-2H3;1-2H3;3H,2H2,1H3;1-2H3;5*1-2H3;1H4. The molecule has 0 aliphatic carbocycles. The van der Waals surface area contributed by atoms with E-state index in [0.717, 1.165) is 97.6 Å². The Balaban J connectivity index is -0.000000186. The summed E-state index contributed by atoms with van der Waals surface area (Å²) in [6.07, 6.45) is 13.8. The molecule has 5 aliphatic heterocycles. The molecule has 5 aromatic carbocycles. The fourth-order valence-corrected chi connectivity index (χ4v) is 7.67. The quantitative estimate of drug-likeness (QED) is 0.0899. The third-order valence-corrected chi connectivity index (χ3v) is 10.8. The summed E-state index contributed by atoms with van der Waals surface area (Å²) in [5.74, 6) is 0. The van der Waals surface area contributed by atoms with E-state index in [1.165, 1.54) is 27.8 Å². The zero-order valence-corrected chi connectivity index (χ0v) is 53.1. The predicted octanol–water partition coefficient (Wildman–Crippen LogP) is 10.0. The van der Waals surface area contributed by atoms with E-state index in [-0.39, 0.29) is 48.6 Å². The Bertz CT molecular complexity index is 1700. The lowest BCUT2D eigenvalue weighted by molar-refractivity contribution is 0.215. The fraction of sp³-hybridized carbons (Fsp3) is 0.524. The van der Waals surface area contributed by atoms with Crippen LogP contribution in [0, 0.1) is 0 Å². The third kappa shape index (κ3) is 38.9. The van der Waals surface area contributed by atoms with E-state index >= 15 is 0 Å². The van der Waals surface area contributed by atoms with Crippen molar-refractivity contribution in [3.05, 3.63) is 149 Å². The van der Waals surface area contributed by atoms with Crippen molar-refractivity contribution in [3.8, 4) is 0 Å². The Hall–Kier alpha value is -3.59. The molecule has 9 nitrogen and oxygen atoms in total. The van der Waals surface area contributed by atoms with Crippen LogP contribution in [0.3, 0.4) is 0 Å². The SMILES string of the molecule is C.CC.CC.CC.CC.CC.CCO.CCOC.CN(C)C.COC.CSC.OB1CCc2ccccc21.OB1CCc2ccccc21.OB1CCc2ccccc21.OB1CCc2ccccc21.OB1CCc2ccccc21. The molecule has 0 spiro atoms. The first-order valence-corrected chi connectivity index (χ1v) is 30.2. The second-order valence-electron chi connectivity index (χ2n) is 16.8. The van der Waals surface area contributed by atoms with Gasteiger partial charge in [-0.1, -0.05) is 226 Å². The van der Waals surface area contributed by atoms with Crippen LogP contribution in [-0.2, 0) is 41.6 Å². The van der Waals surface area contributed by atoms with Gasteiger partial charge in [0.1, 0.15) is 0 Å². The van der Waals surface area contributed by atoms with Gasteiger partial charge in [0.25, 0.3) is 0 Å². The largest absolute Gasteiger partial charge is 0.446 e. The minimum atomic E-state index is -0.198. The summed E-state index contributed by atoms with van der Waals surface area (Å²) in [4.78, 5) is 2.00. The van der Waals surface area contributed by atoms with Crippen molar-refractivity contribution in [3.63, 3.8) is 0 Å². The van der Waals surface area contributed by atoms with Crippen LogP contribution in [0.4, 0.5) is 0 Å². The minimum absolute atomic E-state index is 0. The van der Waals surface area contributed by atoms with E-state index < -0.39 is 0 Å². The first-order chi connectivity index (χ1) is 37.3. The molecular weight excluding hydrogens is 985 g/mol. The zero-order chi connectivity index (χ0) is 60.0. The van der Waals surface area contributed by atoms with Gasteiger partial charge < -0.3 is 44.6 Å². The van der Waals surface area contributed by atoms with Gasteiger partial charge in [-0.3, -0.25) is 0 Å². The Morgan fingerprint density at radius 1 is 0.397 bits per heavy atom. The fourth-order valence-electron chi connectivity index (χ4n) is 7.67. The molecule has 0 saturated heterocycles. The molecule has 0 bridgehead atoms. The Morgan fingerprint density at radius 3 is 0.615 bits per heavy atom. The molecule has 440 valence electrons. The van der Waals surface area contributed by atoms with Crippen LogP contribution in [0.15, 0.2) is 121 Å². The van der Waals surface area contributed by atoms with Gasteiger partial charge in [-0.05, 0) is 139 Å². The first-order valence-electron chi connectivity index (χ1n) is 28.6. The van der Waals surface area contributed by atoms with Crippen molar-refractivity contribution in [2.75, 3.05) is 68.2 Å². The molecule has 5 aromatic rings. The number of aliphatic hydroxyl groups is 1. The van der Waals surface area contributed by atoms with E-state index in [1.54, 1.807) is 40.0 Å². The molecule has 5 aliphatic rings. The summed E-state index contributed by atoms with van der Waals surface area (Å²) in [5.41, 5.74) is 12.2. The van der Waals surface area contributed by atoms with Crippen LogP contribution in [0.25, 0.3) is 0 Å². The van der Waals surface area contributed by atoms with Crippen LogP contribution < -0.4 is 27.3 Å². The van der Waals surface area contributed by atoms with Crippen LogP contribution in [-0.4, -0.2) is 138 Å². The van der Waals surface area contributed by atoms with Crippen LogP contribution in [0.1, 0.15) is 118 Å². The number of nitrogens with zero attached hydrogens (tertiary/aromatic N) is 1. The van der Waals surface area contributed by atoms with E-state index in [2.05, 4.69) is 39.8 Å². The molecule has 0 fully saturated rings. The number of hydrogen-bond acceptors (Lipinski definition) is 10. The molecular formula is C63H114B5NO8S. The van der Waals surface area contributed by atoms with Crippen molar-refractivity contribution in [1.29, 1.82) is 0 Å². The topological polar surface area (TPSA) is 143 Å². The minimum Gasteiger partial charge on any atom is -0.446 e. The second kappa shape index (κ2) is 61.0. The molecule has 0 atom stereocenters. The van der Waals surface area contributed by atoms with Crippen molar-refractivity contribution in [2.24, 2.45) is 0 Å². The maximum atomic E-state index is 9.38. The monoisotopic (exact) mass is 1100 g/mol. The molecule has 0 aromatic heterocycles. The van der Waals surface area contributed by atoms with Crippen molar-refractivity contribution >= 4 is 73.7 Å². The summed E-state index contributed by atoms with van der Waals surface area (Å²) < 4.78 is 8.79. The van der Waals surface area contributed by atoms with Crippen molar-refractivity contribution in [1.82, 2.24) is 4.90 Å². The van der Waals surface area contributed by atoms with Gasteiger partial charge in [-0.15, -0.1) is 0 Å². The summed E-state index contributed by atoms with van der Waals surface area (Å²) >= 11 is 1.75. The maximum Gasteiger partial charge on any atom is 0.324 e. The Labute approximate surface area is 487 Å². The summed E-state index contributed by atoms with van der Waals surface area (Å²) in [6.45, 7) is 23.7. The molecule has 0 radical (unpaired) electrons. The third-order valence-electron chi connectivity index (χ3n) is 10.8. The number of aryl methyl sites for hydroxylation is 5. The van der Waals surface area contributed by atoms with E-state index in [4.69, 9.17) is 5.11 Å². The van der Waals surface area contributed by atoms with E-state index in [1.807, 2.05) is 206 Å². The van der Waals surface area contributed by atoms with Gasteiger partial charge in [0.05, 0.1) is 0 Å². The number of rotatable bonds is 1. The molecule has 10 rings (SSSR count). The van der Waals surface area contributed by atoms with Crippen LogP contribution in [0.2, 0.25) is 31.6 Å². The molecule has 15 heteroatoms. The highest BCUT2D eigenvalue weighted by Gasteiger charge is 2.26. The van der Waals surface area contributed by atoms with E-state index in [0.29, 0.717) is 0 Å². The average molecular weight is 1100 g/mol. The Morgan fingerprint density at radius 2 is 0.513 bits per heavy atom. The van der Waals surface area contributed by atoms with Crippen molar-refractivity contribution < 1.29 is 39.7 Å². The highest BCUT2D eigenvalue weighted by molar-refractivity contribution is 7.97. The lowest BCUT2D eigenvalue weighted by Crippen LogP contribution is -2.25. The van der Waals surface area contributed by atoms with Gasteiger partial charge in [0.15, 0.2) is 0 Å². The number of hydrogen-bond donors (Lipinski definition) is 6. The Kier molecular flexibility index (Phi) is 67.1. The van der Waals surface area contributed by atoms with Crippen LogP contribution in [0.5, 0.6) is 0 Å². The first kappa shape index (κ1) is 85.7. The summed E-state index contributed by atoms with van der Waals surface area (Å²) in [5, 5.41) is 54.5. The number of aliphatic hydroxyl groups excluding tert-OH is 1. The number of methoxy groups -OCH3 is 2. The van der Waals surface area contributed by atoms with E-state index in [9.17, 15) is 25.1 Å². The second-order valence-corrected chi connectivity index (χ2v) is 17.6. The molecule has 5 heterocycles. The molecule has 0 unspecified atom stereocenters. The van der Waals surface area contributed by atoms with Gasteiger partial charge in [-0.25, -0.2) is 0 Å². The number of ether oxygens (including phenoxy) is 2. The predicted molar refractivity (Wildman–Crippen MR) is 359 cm³/mol. The van der Waals surface area contributed by atoms with Gasteiger partial charge in [0, 0.05) is 34.5 Å². The van der Waals surface area contributed by atoms with Gasteiger partial charge >= 0.3 is 34.6 Å². The molecule has 6 N–H and O–H groups in total. The highest BCUT2D eigenvalue weighted by Crippen LogP contribution is 2.15. The zero-order valence-electron chi connectivity index (χ0n) is 52.3. The number of benzene rings is 5.